The highest BCUT2D eigenvalue weighted by Gasteiger charge is 2.23. The zero-order valence-electron chi connectivity index (χ0n) is 7.45. The molecular formula is C8H16N2OS. The molecule has 0 aliphatic carbocycles. The van der Waals surface area contributed by atoms with E-state index in [1.165, 1.54) is 0 Å². The Morgan fingerprint density at radius 2 is 2.50 bits per heavy atom. The predicted octanol–water partition coefficient (Wildman–Crippen LogP) is 0.299. The van der Waals surface area contributed by atoms with E-state index in [-0.39, 0.29) is 5.91 Å². The number of hydrogen-bond donors (Lipinski definition) is 1. The predicted molar refractivity (Wildman–Crippen MR) is 52.2 cm³/mol. The van der Waals surface area contributed by atoms with E-state index in [9.17, 15) is 4.79 Å². The van der Waals surface area contributed by atoms with Crippen LogP contribution in [-0.4, -0.2) is 41.4 Å². The van der Waals surface area contributed by atoms with Crippen molar-refractivity contribution in [3.05, 3.63) is 0 Å². The number of carbonyl (C=O) groups excluding carboxylic acids is 1. The number of thioether (sulfide) groups is 1. The number of nitrogens with zero attached hydrogens (tertiary/aromatic N) is 1. The van der Waals surface area contributed by atoms with Crippen LogP contribution in [-0.2, 0) is 4.79 Å². The van der Waals surface area contributed by atoms with Crippen LogP contribution in [0.2, 0.25) is 0 Å². The van der Waals surface area contributed by atoms with Crippen molar-refractivity contribution in [1.29, 1.82) is 0 Å². The Hall–Kier alpha value is -0.220. The summed E-state index contributed by atoms with van der Waals surface area (Å²) in [7, 11) is 0. The molecule has 1 saturated heterocycles. The van der Waals surface area contributed by atoms with Gasteiger partial charge >= 0.3 is 0 Å². The summed E-state index contributed by atoms with van der Waals surface area (Å²) in [6, 6.07) is 0. The third-order valence-electron chi connectivity index (χ3n) is 1.98. The van der Waals surface area contributed by atoms with E-state index < -0.39 is 0 Å². The molecule has 70 valence electrons. The maximum absolute atomic E-state index is 11.3. The molecule has 0 bridgehead atoms. The summed E-state index contributed by atoms with van der Waals surface area (Å²) in [6.07, 6.45) is 1.04. The number of carbonyl (C=O) groups is 1. The molecule has 1 aliphatic rings. The summed E-state index contributed by atoms with van der Waals surface area (Å²) in [4.78, 5) is 13.2. The lowest BCUT2D eigenvalue weighted by molar-refractivity contribution is -0.128. The highest BCUT2D eigenvalue weighted by molar-refractivity contribution is 8.00. The van der Waals surface area contributed by atoms with E-state index in [0.29, 0.717) is 17.5 Å². The molecule has 1 fully saturated rings. The van der Waals surface area contributed by atoms with Gasteiger partial charge in [-0.25, -0.2) is 0 Å². The molecule has 1 unspecified atom stereocenters. The Labute approximate surface area is 77.7 Å². The molecule has 3 nitrogen and oxygen atoms in total. The maximum atomic E-state index is 11.3. The van der Waals surface area contributed by atoms with Crippen molar-refractivity contribution in [2.24, 2.45) is 5.73 Å². The van der Waals surface area contributed by atoms with Gasteiger partial charge in [0.2, 0.25) is 5.91 Å². The average Bonchev–Trinajstić information content (AvgIpc) is 2.09. The molecule has 4 heteroatoms. The van der Waals surface area contributed by atoms with Crippen LogP contribution in [0, 0.1) is 0 Å². The Morgan fingerprint density at radius 3 is 3.08 bits per heavy atom. The Kier molecular flexibility index (Phi) is 3.88. The summed E-state index contributed by atoms with van der Waals surface area (Å²) in [5.41, 5.74) is 5.55. The fraction of sp³-hybridized carbons (Fsp3) is 0.875. The lowest BCUT2D eigenvalue weighted by Gasteiger charge is -2.31. The van der Waals surface area contributed by atoms with E-state index in [0.717, 1.165) is 19.5 Å². The lowest BCUT2D eigenvalue weighted by Crippen LogP contribution is -2.45. The molecule has 1 rings (SSSR count). The topological polar surface area (TPSA) is 46.3 Å². The monoisotopic (exact) mass is 188 g/mol. The minimum absolute atomic E-state index is 0.270. The number of rotatable bonds is 3. The van der Waals surface area contributed by atoms with Gasteiger partial charge in [0.05, 0.1) is 5.75 Å². The van der Waals surface area contributed by atoms with Gasteiger partial charge in [0.1, 0.15) is 0 Å². The normalized spacial score (nSPS) is 24.7. The number of amides is 1. The molecule has 1 heterocycles. The molecule has 0 spiro atoms. The van der Waals surface area contributed by atoms with E-state index >= 15 is 0 Å². The van der Waals surface area contributed by atoms with Crippen LogP contribution in [0.3, 0.4) is 0 Å². The van der Waals surface area contributed by atoms with Gasteiger partial charge in [-0.2, -0.15) is 0 Å². The summed E-state index contributed by atoms with van der Waals surface area (Å²) in [5, 5.41) is 0.453. The SMILES string of the molecule is CCCN1CC(CN)SCC1=O. The molecule has 0 radical (unpaired) electrons. The maximum Gasteiger partial charge on any atom is 0.232 e. The van der Waals surface area contributed by atoms with Crippen molar-refractivity contribution in [2.45, 2.75) is 18.6 Å². The van der Waals surface area contributed by atoms with Crippen molar-refractivity contribution in [2.75, 3.05) is 25.4 Å². The minimum Gasteiger partial charge on any atom is -0.341 e. The van der Waals surface area contributed by atoms with E-state index in [2.05, 4.69) is 6.92 Å². The molecule has 0 saturated carbocycles. The van der Waals surface area contributed by atoms with E-state index in [4.69, 9.17) is 5.73 Å². The number of nitrogens with two attached hydrogens (primary N) is 1. The van der Waals surface area contributed by atoms with Gasteiger partial charge in [0.15, 0.2) is 0 Å². The molecule has 1 amide bonds. The smallest absolute Gasteiger partial charge is 0.232 e. The van der Waals surface area contributed by atoms with E-state index in [1.54, 1.807) is 11.8 Å². The molecule has 1 aliphatic heterocycles. The van der Waals surface area contributed by atoms with Gasteiger partial charge in [0, 0.05) is 24.9 Å². The lowest BCUT2D eigenvalue weighted by atomic mass is 10.3. The molecule has 1 atom stereocenters. The van der Waals surface area contributed by atoms with Gasteiger partial charge < -0.3 is 10.6 Å². The van der Waals surface area contributed by atoms with Gasteiger partial charge in [-0.1, -0.05) is 6.92 Å². The second-order valence-corrected chi connectivity index (χ2v) is 4.30. The van der Waals surface area contributed by atoms with Crippen LogP contribution in [0.5, 0.6) is 0 Å². The highest BCUT2D eigenvalue weighted by atomic mass is 32.2. The Balaban J connectivity index is 2.41. The molecule has 0 aromatic rings. The van der Waals surface area contributed by atoms with Crippen molar-refractivity contribution >= 4 is 17.7 Å². The van der Waals surface area contributed by atoms with Crippen LogP contribution < -0.4 is 5.73 Å². The van der Waals surface area contributed by atoms with Gasteiger partial charge in [-0.05, 0) is 6.42 Å². The first-order valence-electron chi connectivity index (χ1n) is 4.37. The highest BCUT2D eigenvalue weighted by Crippen LogP contribution is 2.18. The first-order valence-corrected chi connectivity index (χ1v) is 5.42. The summed E-state index contributed by atoms with van der Waals surface area (Å²) in [6.45, 7) is 4.49. The Morgan fingerprint density at radius 1 is 1.75 bits per heavy atom. The fourth-order valence-corrected chi connectivity index (χ4v) is 2.29. The standard InChI is InChI=1S/C8H16N2OS/c1-2-3-10-5-7(4-9)12-6-8(10)11/h7H,2-6,9H2,1H3. The number of hydrogen-bond acceptors (Lipinski definition) is 3. The van der Waals surface area contributed by atoms with Gasteiger partial charge in [-0.15, -0.1) is 11.8 Å². The fourth-order valence-electron chi connectivity index (χ4n) is 1.31. The third kappa shape index (κ3) is 2.38. The average molecular weight is 188 g/mol. The van der Waals surface area contributed by atoms with Crippen molar-refractivity contribution in [3.63, 3.8) is 0 Å². The first-order chi connectivity index (χ1) is 5.77. The van der Waals surface area contributed by atoms with Gasteiger partial charge in [-0.3, -0.25) is 4.79 Å². The van der Waals surface area contributed by atoms with E-state index in [1.807, 2.05) is 4.90 Å². The zero-order valence-corrected chi connectivity index (χ0v) is 8.27. The van der Waals surface area contributed by atoms with Crippen LogP contribution in [0.1, 0.15) is 13.3 Å². The summed E-state index contributed by atoms with van der Waals surface area (Å²) < 4.78 is 0. The molecule has 0 aromatic heterocycles. The van der Waals surface area contributed by atoms with Crippen molar-refractivity contribution in [1.82, 2.24) is 4.90 Å². The largest absolute Gasteiger partial charge is 0.341 e. The van der Waals surface area contributed by atoms with Crippen LogP contribution in [0.25, 0.3) is 0 Å². The summed E-state index contributed by atoms with van der Waals surface area (Å²) in [5.74, 6) is 0.883. The quantitative estimate of drug-likeness (QED) is 0.693. The summed E-state index contributed by atoms with van der Waals surface area (Å²) >= 11 is 1.68. The molecule has 2 N–H and O–H groups in total. The van der Waals surface area contributed by atoms with Crippen LogP contribution in [0.15, 0.2) is 0 Å². The van der Waals surface area contributed by atoms with Crippen molar-refractivity contribution in [3.8, 4) is 0 Å². The second kappa shape index (κ2) is 4.72. The van der Waals surface area contributed by atoms with Crippen LogP contribution >= 0.6 is 11.8 Å². The van der Waals surface area contributed by atoms with Gasteiger partial charge in [0.25, 0.3) is 0 Å². The Bertz CT molecular complexity index is 163. The molecular weight excluding hydrogens is 172 g/mol. The second-order valence-electron chi connectivity index (χ2n) is 3.01. The minimum atomic E-state index is 0.270. The third-order valence-corrected chi connectivity index (χ3v) is 3.20. The zero-order chi connectivity index (χ0) is 8.97. The molecule has 0 aromatic carbocycles. The van der Waals surface area contributed by atoms with Crippen molar-refractivity contribution < 1.29 is 4.79 Å². The molecule has 12 heavy (non-hydrogen) atoms. The van der Waals surface area contributed by atoms with Crippen LogP contribution in [0.4, 0.5) is 0 Å². The first kappa shape index (κ1) is 9.86.